The van der Waals surface area contributed by atoms with Gasteiger partial charge in [0.15, 0.2) is 0 Å². The van der Waals surface area contributed by atoms with Crippen LogP contribution in [0.4, 0.5) is 11.4 Å². The van der Waals surface area contributed by atoms with Crippen molar-refractivity contribution in [2.24, 2.45) is 0 Å². The van der Waals surface area contributed by atoms with Crippen LogP contribution in [0.3, 0.4) is 0 Å². The van der Waals surface area contributed by atoms with Gasteiger partial charge in [-0.2, -0.15) is 11.8 Å². The minimum Gasteiger partial charge on any atom is -0.374 e. The zero-order chi connectivity index (χ0) is 14.5. The summed E-state index contributed by atoms with van der Waals surface area (Å²) in [5.74, 6) is 1.15. The molecule has 0 aromatic heterocycles. The molecule has 1 amide bonds. The zero-order valence-electron chi connectivity index (χ0n) is 12.4. The van der Waals surface area contributed by atoms with Gasteiger partial charge in [-0.1, -0.05) is 13.0 Å². The maximum absolute atomic E-state index is 12.0. The van der Waals surface area contributed by atoms with Crippen LogP contribution in [0.25, 0.3) is 0 Å². The molecule has 2 N–H and O–H groups in total. The Morgan fingerprint density at radius 1 is 1.45 bits per heavy atom. The predicted octanol–water partition coefficient (Wildman–Crippen LogP) is 2.48. The van der Waals surface area contributed by atoms with Crippen LogP contribution in [0.5, 0.6) is 0 Å². The summed E-state index contributed by atoms with van der Waals surface area (Å²) in [6.07, 6.45) is 3.13. The number of rotatable bonds is 7. The second kappa shape index (κ2) is 6.99. The second-order valence-corrected chi connectivity index (χ2v) is 6.05. The van der Waals surface area contributed by atoms with E-state index in [1.54, 1.807) is 0 Å². The molecule has 1 heterocycles. The Morgan fingerprint density at radius 3 is 2.95 bits per heavy atom. The molecule has 1 aromatic rings. The summed E-state index contributed by atoms with van der Waals surface area (Å²) >= 11 is 1.84. The summed E-state index contributed by atoms with van der Waals surface area (Å²) in [6.45, 7) is 3.96. The van der Waals surface area contributed by atoms with Gasteiger partial charge in [-0.15, -0.1) is 0 Å². The summed E-state index contributed by atoms with van der Waals surface area (Å²) in [5.41, 5.74) is 3.15. The minimum atomic E-state index is -0.199. The van der Waals surface area contributed by atoms with E-state index in [1.165, 1.54) is 0 Å². The summed E-state index contributed by atoms with van der Waals surface area (Å²) in [7, 11) is 2.08. The third kappa shape index (κ3) is 3.27. The van der Waals surface area contributed by atoms with Gasteiger partial charge in [-0.05, 0) is 31.4 Å². The molecule has 1 aliphatic rings. The van der Waals surface area contributed by atoms with Gasteiger partial charge in [0.05, 0.1) is 0 Å². The first-order valence-corrected chi connectivity index (χ1v) is 8.45. The first-order chi connectivity index (χ1) is 9.67. The Hall–Kier alpha value is -1.20. The monoisotopic (exact) mass is 293 g/mol. The van der Waals surface area contributed by atoms with Gasteiger partial charge in [0.25, 0.3) is 0 Å². The highest BCUT2D eigenvalue weighted by atomic mass is 32.2. The molecule has 1 aromatic carbocycles. The van der Waals surface area contributed by atoms with Gasteiger partial charge < -0.3 is 15.5 Å². The topological polar surface area (TPSA) is 44.4 Å². The summed E-state index contributed by atoms with van der Waals surface area (Å²) in [5, 5.41) is 6.27. The maximum Gasteiger partial charge on any atom is 0.246 e. The second-order valence-electron chi connectivity index (χ2n) is 5.06. The van der Waals surface area contributed by atoms with E-state index >= 15 is 0 Å². The fourth-order valence-corrected chi connectivity index (χ4v) is 2.79. The number of carbonyl (C=O) groups excluding carboxylic acids is 1. The normalized spacial score (nSPS) is 16.9. The number of nitrogens with one attached hydrogen (secondary N) is 2. The van der Waals surface area contributed by atoms with Crippen molar-refractivity contribution in [1.82, 2.24) is 5.32 Å². The molecular formula is C15H23N3OS. The molecule has 4 nitrogen and oxygen atoms in total. The van der Waals surface area contributed by atoms with E-state index in [-0.39, 0.29) is 11.9 Å². The predicted molar refractivity (Wildman–Crippen MR) is 87.8 cm³/mol. The lowest BCUT2D eigenvalue weighted by atomic mass is 10.1. The molecule has 1 aliphatic heterocycles. The Labute approximate surface area is 125 Å². The number of fused-ring (bicyclic) bond motifs is 1. The van der Waals surface area contributed by atoms with Crippen LogP contribution >= 0.6 is 11.8 Å². The maximum atomic E-state index is 12.0. The van der Waals surface area contributed by atoms with E-state index in [2.05, 4.69) is 54.0 Å². The number of amides is 1. The van der Waals surface area contributed by atoms with E-state index in [0.717, 1.165) is 42.2 Å². The van der Waals surface area contributed by atoms with E-state index < -0.39 is 0 Å². The van der Waals surface area contributed by atoms with Crippen molar-refractivity contribution in [3.05, 3.63) is 23.8 Å². The number of anilines is 2. The van der Waals surface area contributed by atoms with Crippen LogP contribution in [-0.2, 0) is 4.79 Å². The Morgan fingerprint density at radius 2 is 2.25 bits per heavy atom. The third-order valence-electron chi connectivity index (χ3n) is 3.54. The average Bonchev–Trinajstić information content (AvgIpc) is 2.77. The van der Waals surface area contributed by atoms with Crippen LogP contribution in [0.15, 0.2) is 18.2 Å². The first kappa shape index (κ1) is 15.2. The Kier molecular flexibility index (Phi) is 5.31. The van der Waals surface area contributed by atoms with Crippen LogP contribution in [0.1, 0.15) is 24.9 Å². The van der Waals surface area contributed by atoms with Crippen LogP contribution in [-0.4, -0.2) is 38.1 Å². The average molecular weight is 293 g/mol. The summed E-state index contributed by atoms with van der Waals surface area (Å²) in [6, 6.07) is 6.03. The van der Waals surface area contributed by atoms with Crippen LogP contribution in [0, 0.1) is 0 Å². The van der Waals surface area contributed by atoms with Crippen molar-refractivity contribution in [3.63, 3.8) is 0 Å². The van der Waals surface area contributed by atoms with E-state index in [4.69, 9.17) is 0 Å². The van der Waals surface area contributed by atoms with Crippen molar-refractivity contribution < 1.29 is 4.79 Å². The molecule has 0 radical (unpaired) electrons. The van der Waals surface area contributed by atoms with Crippen LogP contribution < -0.4 is 15.5 Å². The number of benzene rings is 1. The lowest BCUT2D eigenvalue weighted by Gasteiger charge is -2.19. The SMILES string of the molecule is CCCNC1C(=O)Nc2cc(N(C)CCSC)ccc21. The molecule has 0 aliphatic carbocycles. The van der Waals surface area contributed by atoms with E-state index in [0.29, 0.717) is 0 Å². The van der Waals surface area contributed by atoms with Crippen LogP contribution in [0.2, 0.25) is 0 Å². The molecule has 110 valence electrons. The van der Waals surface area contributed by atoms with E-state index in [1.807, 2.05) is 11.8 Å². The number of thioether (sulfide) groups is 1. The summed E-state index contributed by atoms with van der Waals surface area (Å²) in [4.78, 5) is 14.2. The van der Waals surface area contributed by atoms with Crippen molar-refractivity contribution in [2.75, 3.05) is 42.4 Å². The lowest BCUT2D eigenvalue weighted by molar-refractivity contribution is -0.117. The Balaban J connectivity index is 2.13. The van der Waals surface area contributed by atoms with Gasteiger partial charge in [0, 0.05) is 36.3 Å². The highest BCUT2D eigenvalue weighted by Gasteiger charge is 2.30. The van der Waals surface area contributed by atoms with Gasteiger partial charge in [-0.25, -0.2) is 0 Å². The van der Waals surface area contributed by atoms with Gasteiger partial charge >= 0.3 is 0 Å². The van der Waals surface area contributed by atoms with Gasteiger partial charge in [0.1, 0.15) is 6.04 Å². The van der Waals surface area contributed by atoms with Gasteiger partial charge in [0.2, 0.25) is 5.91 Å². The van der Waals surface area contributed by atoms with Crippen molar-refractivity contribution >= 4 is 29.0 Å². The highest BCUT2D eigenvalue weighted by molar-refractivity contribution is 7.98. The third-order valence-corrected chi connectivity index (χ3v) is 4.13. The number of hydrogen-bond donors (Lipinski definition) is 2. The lowest BCUT2D eigenvalue weighted by Crippen LogP contribution is -2.27. The highest BCUT2D eigenvalue weighted by Crippen LogP contribution is 2.33. The molecule has 0 saturated carbocycles. The number of carbonyl (C=O) groups is 1. The quantitative estimate of drug-likeness (QED) is 0.810. The molecule has 0 fully saturated rings. The molecule has 0 bridgehead atoms. The molecule has 1 atom stereocenters. The molecule has 5 heteroatoms. The molecule has 2 rings (SSSR count). The number of nitrogens with zero attached hydrogens (tertiary/aromatic N) is 1. The fourth-order valence-electron chi connectivity index (χ4n) is 2.34. The summed E-state index contributed by atoms with van der Waals surface area (Å²) < 4.78 is 0. The van der Waals surface area contributed by atoms with Crippen molar-refractivity contribution in [2.45, 2.75) is 19.4 Å². The smallest absolute Gasteiger partial charge is 0.246 e. The molecule has 0 spiro atoms. The minimum absolute atomic E-state index is 0.0531. The number of hydrogen-bond acceptors (Lipinski definition) is 4. The standard InChI is InChI=1S/C15H23N3OS/c1-4-7-16-14-12-6-5-11(18(2)8-9-20-3)10-13(12)17-15(14)19/h5-6,10,14,16H,4,7-9H2,1-3H3,(H,17,19). The van der Waals surface area contributed by atoms with Gasteiger partial charge in [-0.3, -0.25) is 4.79 Å². The zero-order valence-corrected chi connectivity index (χ0v) is 13.2. The Bertz CT molecular complexity index is 478. The molecule has 0 saturated heterocycles. The molecule has 1 unspecified atom stereocenters. The molecular weight excluding hydrogens is 270 g/mol. The largest absolute Gasteiger partial charge is 0.374 e. The fraction of sp³-hybridized carbons (Fsp3) is 0.533. The molecule has 20 heavy (non-hydrogen) atoms. The van der Waals surface area contributed by atoms with Crippen molar-refractivity contribution in [1.29, 1.82) is 0 Å². The first-order valence-electron chi connectivity index (χ1n) is 7.05. The van der Waals surface area contributed by atoms with E-state index in [9.17, 15) is 4.79 Å². The van der Waals surface area contributed by atoms with Crippen molar-refractivity contribution in [3.8, 4) is 0 Å².